The van der Waals surface area contributed by atoms with Crippen LogP contribution in [0.5, 0.6) is 0 Å². The maximum Gasteiger partial charge on any atom is 0.146 e. The number of aryl methyl sites for hydroxylation is 2. The van der Waals surface area contributed by atoms with Crippen molar-refractivity contribution in [2.75, 3.05) is 5.73 Å². The molecule has 0 fully saturated rings. The minimum absolute atomic E-state index is 0.693. The van der Waals surface area contributed by atoms with Crippen molar-refractivity contribution in [3.63, 3.8) is 0 Å². The van der Waals surface area contributed by atoms with E-state index in [4.69, 9.17) is 17.3 Å². The maximum absolute atomic E-state index is 6.29. The van der Waals surface area contributed by atoms with E-state index in [2.05, 4.69) is 20.8 Å². The number of aromatic nitrogens is 3. The lowest BCUT2D eigenvalue weighted by Gasteiger charge is -2.06. The predicted molar refractivity (Wildman–Crippen MR) is 80.7 cm³/mol. The summed E-state index contributed by atoms with van der Waals surface area (Å²) < 4.78 is 6.38. The Balaban J connectivity index is 2.39. The van der Waals surface area contributed by atoms with Gasteiger partial charge in [-0.3, -0.25) is 0 Å². The molecule has 2 heterocycles. The van der Waals surface area contributed by atoms with E-state index >= 15 is 0 Å². The zero-order chi connectivity index (χ0) is 13.6. The fourth-order valence-electron chi connectivity index (χ4n) is 2.30. The van der Waals surface area contributed by atoms with E-state index in [0.29, 0.717) is 10.0 Å². The molecule has 4 nitrogen and oxygen atoms in total. The van der Waals surface area contributed by atoms with Gasteiger partial charge in [0.25, 0.3) is 0 Å². The number of nitrogens with two attached hydrogens (primary N) is 1. The zero-order valence-electron chi connectivity index (χ0n) is 10.6. The molecule has 2 N–H and O–H groups in total. The van der Waals surface area contributed by atoms with E-state index in [1.165, 1.54) is 11.5 Å². The molecular formula is C13H13ClN4S. The minimum Gasteiger partial charge on any atom is -0.389 e. The Labute approximate surface area is 120 Å². The molecule has 0 bridgehead atoms. The van der Waals surface area contributed by atoms with E-state index in [0.717, 1.165) is 34.7 Å². The molecule has 0 atom stereocenters. The number of rotatable bonds is 2. The molecule has 0 unspecified atom stereocenters. The highest BCUT2D eigenvalue weighted by Gasteiger charge is 2.19. The van der Waals surface area contributed by atoms with Crippen molar-refractivity contribution in [3.05, 3.63) is 28.9 Å². The van der Waals surface area contributed by atoms with Crippen LogP contribution in [0.1, 0.15) is 12.6 Å². The van der Waals surface area contributed by atoms with Crippen molar-refractivity contribution in [1.29, 1.82) is 0 Å². The van der Waals surface area contributed by atoms with E-state index in [9.17, 15) is 0 Å². The summed E-state index contributed by atoms with van der Waals surface area (Å²) >= 11 is 7.59. The summed E-state index contributed by atoms with van der Waals surface area (Å²) in [5.74, 6) is 0.842. The molecule has 6 heteroatoms. The second kappa shape index (κ2) is 4.51. The van der Waals surface area contributed by atoms with Crippen LogP contribution in [-0.2, 0) is 6.54 Å². The second-order valence-electron chi connectivity index (χ2n) is 4.29. The van der Waals surface area contributed by atoms with Crippen molar-refractivity contribution in [2.45, 2.75) is 20.4 Å². The first kappa shape index (κ1) is 12.4. The number of hydrogen-bond acceptors (Lipinski definition) is 4. The lowest BCUT2D eigenvalue weighted by molar-refractivity contribution is 0.796. The van der Waals surface area contributed by atoms with E-state index in [1.807, 2.05) is 25.1 Å². The molecule has 2 aromatic heterocycles. The Kier molecular flexibility index (Phi) is 2.95. The first-order valence-corrected chi connectivity index (χ1v) is 7.15. The highest BCUT2D eigenvalue weighted by atomic mass is 35.5. The second-order valence-corrected chi connectivity index (χ2v) is 5.51. The topological polar surface area (TPSA) is 56.7 Å². The molecule has 0 amide bonds. The Morgan fingerprint density at radius 1 is 1.42 bits per heavy atom. The van der Waals surface area contributed by atoms with E-state index in [1.54, 1.807) is 0 Å². The van der Waals surface area contributed by atoms with Crippen LogP contribution in [-0.4, -0.2) is 13.9 Å². The van der Waals surface area contributed by atoms with Crippen molar-refractivity contribution in [2.24, 2.45) is 0 Å². The Hall–Kier alpha value is -1.59. The molecule has 0 aliphatic rings. The summed E-state index contributed by atoms with van der Waals surface area (Å²) in [5, 5.41) is 1.40. The number of para-hydroxylation sites is 1. The first-order chi connectivity index (χ1) is 9.13. The van der Waals surface area contributed by atoms with Crippen molar-refractivity contribution in [1.82, 2.24) is 13.9 Å². The third-order valence-electron chi connectivity index (χ3n) is 3.15. The summed E-state index contributed by atoms with van der Waals surface area (Å²) in [5.41, 5.74) is 9.68. The van der Waals surface area contributed by atoms with Gasteiger partial charge in [-0.1, -0.05) is 17.7 Å². The highest BCUT2D eigenvalue weighted by Crippen LogP contribution is 2.35. The SMILES string of the molecule is CCn1c(-c2c(C)nsc2N)nc2cccc(Cl)c21. The predicted octanol–water partition coefficient (Wildman–Crippen LogP) is 3.72. The number of hydrogen-bond donors (Lipinski definition) is 1. The quantitative estimate of drug-likeness (QED) is 0.783. The fraction of sp³-hybridized carbons (Fsp3) is 0.231. The summed E-state index contributed by atoms with van der Waals surface area (Å²) in [4.78, 5) is 4.67. The molecule has 1 aromatic carbocycles. The summed E-state index contributed by atoms with van der Waals surface area (Å²) in [6, 6.07) is 5.75. The molecule has 0 radical (unpaired) electrons. The summed E-state index contributed by atoms with van der Waals surface area (Å²) in [6.45, 7) is 4.80. The number of halogens is 1. The van der Waals surface area contributed by atoms with Gasteiger partial charge in [0, 0.05) is 6.54 Å². The summed E-state index contributed by atoms with van der Waals surface area (Å²) in [7, 11) is 0. The van der Waals surface area contributed by atoms with E-state index < -0.39 is 0 Å². The van der Waals surface area contributed by atoms with Gasteiger partial charge >= 0.3 is 0 Å². The third-order valence-corrected chi connectivity index (χ3v) is 4.22. The highest BCUT2D eigenvalue weighted by molar-refractivity contribution is 7.10. The third kappa shape index (κ3) is 1.81. The van der Waals surface area contributed by atoms with Crippen LogP contribution in [0.3, 0.4) is 0 Å². The number of anilines is 1. The van der Waals surface area contributed by atoms with Gasteiger partial charge in [-0.15, -0.1) is 0 Å². The van der Waals surface area contributed by atoms with Gasteiger partial charge in [-0.25, -0.2) is 4.98 Å². The van der Waals surface area contributed by atoms with E-state index in [-0.39, 0.29) is 0 Å². The molecule has 98 valence electrons. The zero-order valence-corrected chi connectivity index (χ0v) is 12.2. The normalized spacial score (nSPS) is 11.3. The maximum atomic E-state index is 6.29. The van der Waals surface area contributed by atoms with Crippen molar-refractivity contribution >= 4 is 39.2 Å². The largest absolute Gasteiger partial charge is 0.389 e. The fourth-order valence-corrected chi connectivity index (χ4v) is 3.23. The number of fused-ring (bicyclic) bond motifs is 1. The van der Waals surface area contributed by atoms with Crippen LogP contribution in [0.15, 0.2) is 18.2 Å². The van der Waals surface area contributed by atoms with Crippen LogP contribution in [0.25, 0.3) is 22.4 Å². The average molecular weight is 293 g/mol. The Morgan fingerprint density at radius 2 is 2.21 bits per heavy atom. The van der Waals surface area contributed by atoms with Crippen LogP contribution >= 0.6 is 23.1 Å². The monoisotopic (exact) mass is 292 g/mol. The molecule has 0 aliphatic heterocycles. The molecule has 0 aliphatic carbocycles. The van der Waals surface area contributed by atoms with Crippen LogP contribution in [0.2, 0.25) is 5.02 Å². The van der Waals surface area contributed by atoms with Crippen molar-refractivity contribution in [3.8, 4) is 11.4 Å². The Morgan fingerprint density at radius 3 is 2.84 bits per heavy atom. The smallest absolute Gasteiger partial charge is 0.146 e. The number of nitrogen functional groups attached to an aromatic ring is 1. The molecule has 3 aromatic rings. The molecule has 0 saturated heterocycles. The molecule has 19 heavy (non-hydrogen) atoms. The number of nitrogens with zero attached hydrogens (tertiary/aromatic N) is 3. The first-order valence-electron chi connectivity index (χ1n) is 6.00. The minimum atomic E-state index is 0.693. The van der Waals surface area contributed by atoms with Crippen LogP contribution < -0.4 is 5.73 Å². The van der Waals surface area contributed by atoms with Gasteiger partial charge in [0.2, 0.25) is 0 Å². The van der Waals surface area contributed by atoms with Gasteiger partial charge in [0.15, 0.2) is 0 Å². The molecular weight excluding hydrogens is 280 g/mol. The van der Waals surface area contributed by atoms with Gasteiger partial charge in [-0.2, -0.15) is 4.37 Å². The van der Waals surface area contributed by atoms with Gasteiger partial charge in [-0.05, 0) is 37.5 Å². The molecule has 3 rings (SSSR count). The van der Waals surface area contributed by atoms with Crippen LogP contribution in [0.4, 0.5) is 5.00 Å². The van der Waals surface area contributed by atoms with Crippen LogP contribution in [0, 0.1) is 6.92 Å². The molecule has 0 spiro atoms. The van der Waals surface area contributed by atoms with Gasteiger partial charge < -0.3 is 10.3 Å². The lowest BCUT2D eigenvalue weighted by Crippen LogP contribution is -1.99. The van der Waals surface area contributed by atoms with Gasteiger partial charge in [0.1, 0.15) is 10.8 Å². The van der Waals surface area contributed by atoms with Gasteiger partial charge in [0.05, 0.1) is 27.3 Å². The van der Waals surface area contributed by atoms with Crippen molar-refractivity contribution < 1.29 is 0 Å². The molecule has 0 saturated carbocycles. The average Bonchev–Trinajstić information content (AvgIpc) is 2.90. The lowest BCUT2D eigenvalue weighted by atomic mass is 10.2. The number of benzene rings is 1. The summed E-state index contributed by atoms with van der Waals surface area (Å²) in [6.07, 6.45) is 0. The Bertz CT molecular complexity index is 740. The standard InChI is InChI=1S/C13H13ClN4S/c1-3-18-11-8(14)5-4-6-9(11)16-13(18)10-7(2)17-19-12(10)15/h4-6H,3,15H2,1-2H3. The number of imidazole rings is 1.